The highest BCUT2D eigenvalue weighted by Gasteiger charge is 2.20. The standard InChI is InChI=1S/2C13H11NS.4C2H6/c2*1-14-10-6-2-4-8-12(10)15-13-9-5-3-7-11(13)14;4*1-2/h2*2-9H,1H3;4*1-2H3. The Bertz CT molecular complexity index is 1020. The van der Waals surface area contributed by atoms with Gasteiger partial charge in [0, 0.05) is 33.7 Å². The molecule has 204 valence electrons. The van der Waals surface area contributed by atoms with E-state index in [2.05, 4.69) is 121 Å². The fraction of sp³-hybridized carbons (Fsp3) is 0.294. The van der Waals surface area contributed by atoms with Gasteiger partial charge in [-0.3, -0.25) is 0 Å². The lowest BCUT2D eigenvalue weighted by molar-refractivity contribution is 1.11. The van der Waals surface area contributed by atoms with E-state index in [9.17, 15) is 0 Å². The Labute approximate surface area is 241 Å². The SMILES string of the molecule is CC.CC.CC.CC.CN1c2ccccc2Sc2ccccc21.CN1c2ccccc2Sc2ccccc21. The molecule has 0 saturated carbocycles. The van der Waals surface area contributed by atoms with Crippen LogP contribution in [0.25, 0.3) is 0 Å². The summed E-state index contributed by atoms with van der Waals surface area (Å²) in [4.78, 5) is 9.83. The molecule has 0 amide bonds. The summed E-state index contributed by atoms with van der Waals surface area (Å²) in [7, 11) is 4.24. The lowest BCUT2D eigenvalue weighted by atomic mass is 10.2. The number of hydrogen-bond acceptors (Lipinski definition) is 4. The van der Waals surface area contributed by atoms with Crippen molar-refractivity contribution in [2.24, 2.45) is 0 Å². The summed E-state index contributed by atoms with van der Waals surface area (Å²) in [6, 6.07) is 34.1. The van der Waals surface area contributed by atoms with Gasteiger partial charge in [0.15, 0.2) is 0 Å². The highest BCUT2D eigenvalue weighted by molar-refractivity contribution is 8.00. The molecule has 6 rings (SSSR count). The third-order valence-corrected chi connectivity index (χ3v) is 7.61. The number of rotatable bonds is 0. The Kier molecular flexibility index (Phi) is 16.1. The van der Waals surface area contributed by atoms with E-state index < -0.39 is 0 Å². The molecule has 0 aliphatic carbocycles. The molecule has 38 heavy (non-hydrogen) atoms. The smallest absolute Gasteiger partial charge is 0.0550 e. The molecular formula is C34H46N2S2. The monoisotopic (exact) mass is 546 g/mol. The Morgan fingerprint density at radius 1 is 0.342 bits per heavy atom. The molecule has 0 bridgehead atoms. The van der Waals surface area contributed by atoms with E-state index in [4.69, 9.17) is 0 Å². The molecule has 0 N–H and O–H groups in total. The van der Waals surface area contributed by atoms with Crippen molar-refractivity contribution in [2.75, 3.05) is 23.9 Å². The Morgan fingerprint density at radius 2 is 0.526 bits per heavy atom. The summed E-state index contributed by atoms with van der Waals surface area (Å²) >= 11 is 3.69. The van der Waals surface area contributed by atoms with Gasteiger partial charge < -0.3 is 9.80 Å². The van der Waals surface area contributed by atoms with Gasteiger partial charge in [-0.05, 0) is 48.5 Å². The maximum absolute atomic E-state index is 2.25. The van der Waals surface area contributed by atoms with E-state index in [-0.39, 0.29) is 0 Å². The summed E-state index contributed by atoms with van der Waals surface area (Å²) < 4.78 is 0. The molecule has 2 aliphatic heterocycles. The molecule has 0 unspecified atom stereocenters. The van der Waals surface area contributed by atoms with Crippen LogP contribution in [0.1, 0.15) is 55.4 Å². The first-order valence-electron chi connectivity index (χ1n) is 13.9. The van der Waals surface area contributed by atoms with E-state index >= 15 is 0 Å². The summed E-state index contributed by atoms with van der Waals surface area (Å²) in [6.45, 7) is 16.0. The van der Waals surface area contributed by atoms with Crippen LogP contribution in [0.4, 0.5) is 22.7 Å². The van der Waals surface area contributed by atoms with Gasteiger partial charge in [0.1, 0.15) is 0 Å². The Morgan fingerprint density at radius 3 is 0.737 bits per heavy atom. The van der Waals surface area contributed by atoms with Crippen molar-refractivity contribution in [1.29, 1.82) is 0 Å². The number of fused-ring (bicyclic) bond motifs is 4. The number of hydrogen-bond donors (Lipinski definition) is 0. The Hall–Kier alpha value is -2.82. The third-order valence-electron chi connectivity index (χ3n) is 5.35. The zero-order chi connectivity index (χ0) is 28.5. The summed E-state index contributed by atoms with van der Waals surface area (Å²) in [5.41, 5.74) is 5.17. The average molecular weight is 547 g/mol. The predicted molar refractivity (Wildman–Crippen MR) is 176 cm³/mol. The number of benzene rings is 4. The summed E-state index contributed by atoms with van der Waals surface area (Å²) in [5, 5.41) is 0. The van der Waals surface area contributed by atoms with E-state index in [1.54, 1.807) is 0 Å². The number of anilines is 4. The minimum Gasteiger partial charge on any atom is -0.343 e. The number of para-hydroxylation sites is 4. The van der Waals surface area contributed by atoms with E-state index in [0.29, 0.717) is 0 Å². The maximum atomic E-state index is 2.25. The molecule has 0 spiro atoms. The summed E-state index contributed by atoms with van der Waals surface area (Å²) in [5.74, 6) is 0. The van der Waals surface area contributed by atoms with Gasteiger partial charge in [-0.15, -0.1) is 0 Å². The largest absolute Gasteiger partial charge is 0.343 e. The molecule has 0 saturated heterocycles. The van der Waals surface area contributed by atoms with Crippen molar-refractivity contribution in [3.63, 3.8) is 0 Å². The maximum Gasteiger partial charge on any atom is 0.0550 e. The molecule has 0 fully saturated rings. The van der Waals surface area contributed by atoms with E-state index in [0.717, 1.165) is 0 Å². The molecule has 0 radical (unpaired) electrons. The second-order valence-electron chi connectivity index (χ2n) is 7.19. The first-order chi connectivity index (χ1) is 18.7. The van der Waals surface area contributed by atoms with Gasteiger partial charge in [0.25, 0.3) is 0 Å². The van der Waals surface area contributed by atoms with Crippen LogP contribution in [0, 0.1) is 0 Å². The molecule has 0 aromatic heterocycles. The molecule has 4 heteroatoms. The van der Waals surface area contributed by atoms with Crippen molar-refractivity contribution in [2.45, 2.75) is 75.0 Å². The number of nitrogens with zero attached hydrogens (tertiary/aromatic N) is 2. The fourth-order valence-corrected chi connectivity index (χ4v) is 6.08. The predicted octanol–water partition coefficient (Wildman–Crippen LogP) is 11.9. The van der Waals surface area contributed by atoms with Gasteiger partial charge in [-0.2, -0.15) is 0 Å². The second kappa shape index (κ2) is 18.4. The van der Waals surface area contributed by atoms with Crippen molar-refractivity contribution in [3.8, 4) is 0 Å². The lowest BCUT2D eigenvalue weighted by Gasteiger charge is -2.29. The molecule has 2 nitrogen and oxygen atoms in total. The quantitative estimate of drug-likeness (QED) is 0.216. The minimum atomic E-state index is 1.29. The van der Waals surface area contributed by atoms with Gasteiger partial charge in [-0.1, -0.05) is 127 Å². The van der Waals surface area contributed by atoms with Crippen molar-refractivity contribution >= 4 is 46.3 Å². The zero-order valence-corrected chi connectivity index (χ0v) is 26.6. The van der Waals surface area contributed by atoms with Crippen LogP contribution in [-0.4, -0.2) is 14.1 Å². The molecule has 0 atom stereocenters. The molecule has 2 heterocycles. The molecule has 4 aromatic rings. The summed E-state index contributed by atoms with van der Waals surface area (Å²) in [6.07, 6.45) is 0. The van der Waals surface area contributed by atoms with Gasteiger partial charge in [-0.25, -0.2) is 0 Å². The van der Waals surface area contributed by atoms with Crippen LogP contribution in [0.5, 0.6) is 0 Å². The van der Waals surface area contributed by atoms with Crippen LogP contribution >= 0.6 is 23.5 Å². The van der Waals surface area contributed by atoms with Crippen molar-refractivity contribution in [3.05, 3.63) is 97.1 Å². The lowest BCUT2D eigenvalue weighted by Crippen LogP contribution is -2.14. The van der Waals surface area contributed by atoms with Crippen LogP contribution in [0.2, 0.25) is 0 Å². The molecular weight excluding hydrogens is 501 g/mol. The molecule has 4 aromatic carbocycles. The fourth-order valence-electron chi connectivity index (χ4n) is 3.78. The van der Waals surface area contributed by atoms with Crippen LogP contribution in [0.3, 0.4) is 0 Å². The average Bonchev–Trinajstić information content (AvgIpc) is 3.02. The minimum absolute atomic E-state index is 1.29. The van der Waals surface area contributed by atoms with Gasteiger partial charge in [0.2, 0.25) is 0 Å². The van der Waals surface area contributed by atoms with Crippen molar-refractivity contribution < 1.29 is 0 Å². The van der Waals surface area contributed by atoms with Crippen LogP contribution in [-0.2, 0) is 0 Å². The molecule has 2 aliphatic rings. The van der Waals surface area contributed by atoms with E-state index in [1.165, 1.54) is 42.3 Å². The first-order valence-corrected chi connectivity index (χ1v) is 15.5. The second-order valence-corrected chi connectivity index (χ2v) is 9.36. The van der Waals surface area contributed by atoms with Crippen molar-refractivity contribution in [1.82, 2.24) is 0 Å². The van der Waals surface area contributed by atoms with Crippen LogP contribution < -0.4 is 9.80 Å². The highest BCUT2D eigenvalue weighted by atomic mass is 32.2. The topological polar surface area (TPSA) is 6.48 Å². The first kappa shape index (κ1) is 33.2. The van der Waals surface area contributed by atoms with Gasteiger partial charge in [0.05, 0.1) is 22.7 Å². The van der Waals surface area contributed by atoms with Crippen LogP contribution in [0.15, 0.2) is 117 Å². The van der Waals surface area contributed by atoms with E-state index in [1.807, 2.05) is 78.9 Å². The normalized spacial score (nSPS) is 11.1. The third kappa shape index (κ3) is 8.09. The highest BCUT2D eigenvalue weighted by Crippen LogP contribution is 2.47. The Balaban J connectivity index is 0.000000302. The zero-order valence-electron chi connectivity index (χ0n) is 24.9. The van der Waals surface area contributed by atoms with Gasteiger partial charge >= 0.3 is 0 Å².